The SMILES string of the molecule is CCNC(=NCC(C)(C)C(=O)NC)NCC(C)N1CCOCC1.I. The molecule has 0 spiro atoms. The number of carbonyl (C=O) groups excluding carboxylic acids is 1. The lowest BCUT2D eigenvalue weighted by Crippen LogP contribution is -2.49. The molecule has 24 heavy (non-hydrogen) atoms. The van der Waals surface area contributed by atoms with E-state index in [2.05, 4.69) is 32.8 Å². The number of guanidine groups is 1. The van der Waals surface area contributed by atoms with Crippen LogP contribution in [0.25, 0.3) is 0 Å². The molecule has 3 N–H and O–H groups in total. The van der Waals surface area contributed by atoms with Crippen molar-refractivity contribution in [1.29, 1.82) is 0 Å². The van der Waals surface area contributed by atoms with Crippen LogP contribution in [0, 0.1) is 5.41 Å². The third-order valence-electron chi connectivity index (χ3n) is 4.05. The molecule has 1 rings (SSSR count). The second kappa shape index (κ2) is 11.9. The number of ether oxygens (including phenoxy) is 1. The molecule has 7 nitrogen and oxygen atoms in total. The van der Waals surface area contributed by atoms with Crippen LogP contribution in [0.1, 0.15) is 27.7 Å². The molecule has 1 amide bonds. The van der Waals surface area contributed by atoms with Crippen molar-refractivity contribution in [2.75, 3.05) is 53.0 Å². The van der Waals surface area contributed by atoms with Crippen molar-refractivity contribution in [1.82, 2.24) is 20.9 Å². The molecule has 1 atom stereocenters. The normalized spacial score (nSPS) is 17.6. The molecule has 0 aromatic carbocycles. The highest BCUT2D eigenvalue weighted by Crippen LogP contribution is 2.15. The van der Waals surface area contributed by atoms with Crippen molar-refractivity contribution in [3.05, 3.63) is 0 Å². The molecule has 1 fully saturated rings. The first-order chi connectivity index (χ1) is 10.9. The molecule has 142 valence electrons. The van der Waals surface area contributed by atoms with E-state index >= 15 is 0 Å². The maximum Gasteiger partial charge on any atom is 0.227 e. The van der Waals surface area contributed by atoms with Crippen molar-refractivity contribution in [2.24, 2.45) is 10.4 Å². The quantitative estimate of drug-likeness (QED) is 0.299. The van der Waals surface area contributed by atoms with E-state index in [1.165, 1.54) is 0 Å². The Balaban J connectivity index is 0.00000529. The van der Waals surface area contributed by atoms with Gasteiger partial charge in [-0.3, -0.25) is 14.7 Å². The van der Waals surface area contributed by atoms with E-state index in [4.69, 9.17) is 4.74 Å². The van der Waals surface area contributed by atoms with E-state index in [-0.39, 0.29) is 29.9 Å². The zero-order valence-electron chi connectivity index (χ0n) is 15.6. The Labute approximate surface area is 163 Å². The fourth-order valence-electron chi connectivity index (χ4n) is 2.42. The lowest BCUT2D eigenvalue weighted by atomic mass is 9.93. The standard InChI is InChI=1S/C16H33N5O2.HI/c1-6-18-15(20-12-16(3,4)14(22)17-5)19-11-13(2)21-7-9-23-10-8-21;/h13H,6-12H2,1-5H3,(H,17,22)(H2,18,19,20);1H. The number of aliphatic imine (C=N–C) groups is 1. The number of hydrogen-bond donors (Lipinski definition) is 3. The smallest absolute Gasteiger partial charge is 0.227 e. The van der Waals surface area contributed by atoms with Gasteiger partial charge in [0.2, 0.25) is 5.91 Å². The molecule has 0 bridgehead atoms. The molecule has 8 heteroatoms. The number of rotatable bonds is 7. The zero-order valence-corrected chi connectivity index (χ0v) is 18.0. The van der Waals surface area contributed by atoms with Crippen LogP contribution >= 0.6 is 24.0 Å². The Hall–Kier alpha value is -0.610. The van der Waals surface area contributed by atoms with Gasteiger partial charge in [0.25, 0.3) is 0 Å². The first-order valence-corrected chi connectivity index (χ1v) is 8.47. The van der Waals surface area contributed by atoms with Crippen LogP contribution in [0.15, 0.2) is 4.99 Å². The summed E-state index contributed by atoms with van der Waals surface area (Å²) in [5.41, 5.74) is -0.521. The second-order valence-electron chi connectivity index (χ2n) is 6.54. The Bertz CT molecular complexity index is 398. The maximum atomic E-state index is 11.8. The summed E-state index contributed by atoms with van der Waals surface area (Å²) in [6.07, 6.45) is 0. The lowest BCUT2D eigenvalue weighted by Gasteiger charge is -2.32. The molecule has 1 unspecified atom stereocenters. The van der Waals surface area contributed by atoms with E-state index in [1.807, 2.05) is 20.8 Å². The van der Waals surface area contributed by atoms with Crippen LogP contribution in [0.2, 0.25) is 0 Å². The molecule has 1 saturated heterocycles. The summed E-state index contributed by atoms with van der Waals surface area (Å²) in [5.74, 6) is 0.753. The van der Waals surface area contributed by atoms with Crippen LogP contribution < -0.4 is 16.0 Å². The monoisotopic (exact) mass is 455 g/mol. The largest absolute Gasteiger partial charge is 0.379 e. The Morgan fingerprint density at radius 2 is 1.92 bits per heavy atom. The fraction of sp³-hybridized carbons (Fsp3) is 0.875. The van der Waals surface area contributed by atoms with Gasteiger partial charge in [0.15, 0.2) is 5.96 Å². The molecule has 0 radical (unpaired) electrons. The highest BCUT2D eigenvalue weighted by Gasteiger charge is 2.26. The maximum absolute atomic E-state index is 11.8. The minimum Gasteiger partial charge on any atom is -0.379 e. The minimum atomic E-state index is -0.521. The van der Waals surface area contributed by atoms with Gasteiger partial charge in [-0.25, -0.2) is 0 Å². The lowest BCUT2D eigenvalue weighted by molar-refractivity contribution is -0.128. The highest BCUT2D eigenvalue weighted by atomic mass is 127. The molecule has 1 aliphatic rings. The summed E-state index contributed by atoms with van der Waals surface area (Å²) in [5, 5.41) is 9.29. The number of morpholine rings is 1. The number of hydrogen-bond acceptors (Lipinski definition) is 4. The molecule has 1 heterocycles. The molecule has 1 aliphatic heterocycles. The highest BCUT2D eigenvalue weighted by molar-refractivity contribution is 14.0. The molecular weight excluding hydrogens is 421 g/mol. The fourth-order valence-corrected chi connectivity index (χ4v) is 2.42. The predicted molar refractivity (Wildman–Crippen MR) is 109 cm³/mol. The van der Waals surface area contributed by atoms with Crippen molar-refractivity contribution < 1.29 is 9.53 Å². The summed E-state index contributed by atoms with van der Waals surface area (Å²) in [7, 11) is 1.65. The van der Waals surface area contributed by atoms with Crippen molar-refractivity contribution >= 4 is 35.8 Å². The van der Waals surface area contributed by atoms with Gasteiger partial charge in [0, 0.05) is 39.3 Å². The van der Waals surface area contributed by atoms with Gasteiger partial charge in [0.1, 0.15) is 0 Å². The van der Waals surface area contributed by atoms with Crippen LogP contribution in [0.3, 0.4) is 0 Å². The van der Waals surface area contributed by atoms with E-state index in [9.17, 15) is 4.79 Å². The summed E-state index contributed by atoms with van der Waals surface area (Å²) in [4.78, 5) is 18.8. The summed E-state index contributed by atoms with van der Waals surface area (Å²) >= 11 is 0. The molecule has 0 aromatic heterocycles. The van der Waals surface area contributed by atoms with Crippen molar-refractivity contribution in [3.8, 4) is 0 Å². The molecule has 0 aromatic rings. The van der Waals surface area contributed by atoms with Crippen LogP contribution in [0.4, 0.5) is 0 Å². The third kappa shape index (κ3) is 7.98. The van der Waals surface area contributed by atoms with Crippen molar-refractivity contribution in [3.63, 3.8) is 0 Å². The molecule has 0 saturated carbocycles. The van der Waals surface area contributed by atoms with Crippen LogP contribution in [-0.2, 0) is 9.53 Å². The van der Waals surface area contributed by atoms with Gasteiger partial charge in [0.05, 0.1) is 25.2 Å². The van der Waals surface area contributed by atoms with Gasteiger partial charge in [-0.2, -0.15) is 0 Å². The Kier molecular flexibility index (Phi) is 11.6. The van der Waals surface area contributed by atoms with Gasteiger partial charge in [-0.05, 0) is 27.7 Å². The van der Waals surface area contributed by atoms with Gasteiger partial charge >= 0.3 is 0 Å². The average Bonchev–Trinajstić information content (AvgIpc) is 2.57. The molecule has 0 aliphatic carbocycles. The van der Waals surface area contributed by atoms with Gasteiger partial charge in [-0.1, -0.05) is 0 Å². The number of amides is 1. The first kappa shape index (κ1) is 23.4. The van der Waals surface area contributed by atoms with Crippen molar-refractivity contribution in [2.45, 2.75) is 33.7 Å². The minimum absolute atomic E-state index is 0. The predicted octanol–water partition coefficient (Wildman–Crippen LogP) is 0.652. The average molecular weight is 455 g/mol. The Morgan fingerprint density at radius 3 is 2.46 bits per heavy atom. The van der Waals surface area contributed by atoms with Crippen LogP contribution in [0.5, 0.6) is 0 Å². The van der Waals surface area contributed by atoms with Gasteiger partial charge < -0.3 is 20.7 Å². The zero-order chi connectivity index (χ0) is 17.3. The topological polar surface area (TPSA) is 78.0 Å². The number of halogens is 1. The summed E-state index contributed by atoms with van der Waals surface area (Å²) in [6, 6.07) is 0.412. The Morgan fingerprint density at radius 1 is 1.29 bits per heavy atom. The third-order valence-corrected chi connectivity index (χ3v) is 4.05. The van der Waals surface area contributed by atoms with E-state index in [0.29, 0.717) is 12.6 Å². The van der Waals surface area contributed by atoms with Crippen LogP contribution in [-0.4, -0.2) is 75.8 Å². The van der Waals surface area contributed by atoms with E-state index < -0.39 is 5.41 Å². The number of carbonyl (C=O) groups is 1. The number of nitrogens with zero attached hydrogens (tertiary/aromatic N) is 2. The summed E-state index contributed by atoms with van der Waals surface area (Å²) in [6.45, 7) is 13.6. The van der Waals surface area contributed by atoms with E-state index in [1.54, 1.807) is 7.05 Å². The summed E-state index contributed by atoms with van der Waals surface area (Å²) < 4.78 is 5.39. The number of nitrogens with one attached hydrogen (secondary N) is 3. The first-order valence-electron chi connectivity index (χ1n) is 8.47. The second-order valence-corrected chi connectivity index (χ2v) is 6.54. The molecular formula is C16H34IN5O2. The van der Waals surface area contributed by atoms with E-state index in [0.717, 1.165) is 45.4 Å². The van der Waals surface area contributed by atoms with Gasteiger partial charge in [-0.15, -0.1) is 24.0 Å².